The zero-order chi connectivity index (χ0) is 9.10. The van der Waals surface area contributed by atoms with Crippen molar-refractivity contribution in [2.24, 2.45) is 5.73 Å². The molecule has 2 aromatic rings. The lowest BCUT2D eigenvalue weighted by atomic mass is 10.4. The van der Waals surface area contributed by atoms with E-state index in [9.17, 15) is 0 Å². The van der Waals surface area contributed by atoms with Gasteiger partial charge in [-0.1, -0.05) is 0 Å². The molecule has 0 aliphatic heterocycles. The average Bonchev–Trinajstić information content (AvgIpc) is 2.67. The van der Waals surface area contributed by atoms with Crippen molar-refractivity contribution in [1.29, 1.82) is 0 Å². The maximum atomic E-state index is 5.48. The largest absolute Gasteiger partial charge is 0.326 e. The number of nitrogens with zero attached hydrogens (tertiary/aromatic N) is 3. The van der Waals surface area contributed by atoms with Crippen molar-refractivity contribution in [3.05, 3.63) is 29.4 Å². The van der Waals surface area contributed by atoms with Crippen LogP contribution in [0.5, 0.6) is 0 Å². The minimum atomic E-state index is 0.526. The van der Waals surface area contributed by atoms with Gasteiger partial charge >= 0.3 is 0 Å². The highest BCUT2D eigenvalue weighted by Crippen LogP contribution is 2.21. The van der Waals surface area contributed by atoms with Crippen molar-refractivity contribution in [1.82, 2.24) is 15.2 Å². The van der Waals surface area contributed by atoms with Crippen LogP contribution in [0.3, 0.4) is 0 Å². The van der Waals surface area contributed by atoms with E-state index < -0.39 is 0 Å². The molecule has 66 valence electrons. The van der Waals surface area contributed by atoms with Gasteiger partial charge in [-0.2, -0.15) is 5.10 Å². The minimum absolute atomic E-state index is 0.526. The second kappa shape index (κ2) is 3.59. The zero-order valence-electron chi connectivity index (χ0n) is 6.84. The van der Waals surface area contributed by atoms with E-state index in [0.29, 0.717) is 6.54 Å². The summed E-state index contributed by atoms with van der Waals surface area (Å²) in [7, 11) is 0. The summed E-state index contributed by atoms with van der Waals surface area (Å²) < 4.78 is 0. The third-order valence-corrected chi connectivity index (χ3v) is 2.59. The summed E-state index contributed by atoms with van der Waals surface area (Å²) in [5.41, 5.74) is 6.27. The first-order chi connectivity index (χ1) is 6.40. The summed E-state index contributed by atoms with van der Waals surface area (Å²) in [6.07, 6.45) is 3.41. The molecule has 5 heteroatoms. The zero-order valence-corrected chi connectivity index (χ0v) is 7.66. The molecule has 0 fully saturated rings. The molecule has 0 spiro atoms. The second-order valence-electron chi connectivity index (χ2n) is 2.44. The molecule has 2 heterocycles. The van der Waals surface area contributed by atoms with Gasteiger partial charge < -0.3 is 5.73 Å². The number of hydrogen-bond acceptors (Lipinski definition) is 5. The minimum Gasteiger partial charge on any atom is -0.326 e. The number of thiazole rings is 1. The van der Waals surface area contributed by atoms with Gasteiger partial charge in [0.2, 0.25) is 0 Å². The van der Waals surface area contributed by atoms with Gasteiger partial charge in [-0.3, -0.25) is 0 Å². The van der Waals surface area contributed by atoms with Crippen molar-refractivity contribution in [3.63, 3.8) is 0 Å². The number of aromatic nitrogens is 3. The van der Waals surface area contributed by atoms with Gasteiger partial charge in [-0.15, -0.1) is 16.4 Å². The molecule has 0 aliphatic carbocycles. The second-order valence-corrected chi connectivity index (χ2v) is 3.56. The van der Waals surface area contributed by atoms with Crippen LogP contribution >= 0.6 is 11.3 Å². The van der Waals surface area contributed by atoms with Gasteiger partial charge in [0.15, 0.2) is 0 Å². The highest BCUT2D eigenvalue weighted by Gasteiger charge is 2.03. The number of hydrogen-bond donors (Lipinski definition) is 1. The Morgan fingerprint density at radius 3 is 3.00 bits per heavy atom. The Morgan fingerprint density at radius 2 is 2.38 bits per heavy atom. The maximum absolute atomic E-state index is 5.48. The SMILES string of the molecule is NCc1cnc(-c2cccnn2)s1. The Morgan fingerprint density at radius 1 is 1.46 bits per heavy atom. The lowest BCUT2D eigenvalue weighted by Gasteiger charge is -1.90. The Kier molecular flexibility index (Phi) is 2.29. The monoisotopic (exact) mass is 192 g/mol. The smallest absolute Gasteiger partial charge is 0.143 e. The van der Waals surface area contributed by atoms with E-state index >= 15 is 0 Å². The molecule has 2 N–H and O–H groups in total. The molecule has 0 aromatic carbocycles. The summed E-state index contributed by atoms with van der Waals surface area (Å²) in [6.45, 7) is 0.526. The Hall–Kier alpha value is -1.33. The summed E-state index contributed by atoms with van der Waals surface area (Å²) >= 11 is 1.55. The molecule has 2 rings (SSSR count). The summed E-state index contributed by atoms with van der Waals surface area (Å²) in [5.74, 6) is 0. The van der Waals surface area contributed by atoms with Crippen molar-refractivity contribution in [2.45, 2.75) is 6.54 Å². The average molecular weight is 192 g/mol. The van der Waals surface area contributed by atoms with Crippen molar-refractivity contribution in [3.8, 4) is 10.7 Å². The first kappa shape index (κ1) is 8.28. The molecule has 4 nitrogen and oxygen atoms in total. The normalized spacial score (nSPS) is 10.2. The van der Waals surface area contributed by atoms with Crippen molar-refractivity contribution in [2.75, 3.05) is 0 Å². The summed E-state index contributed by atoms with van der Waals surface area (Å²) in [5, 5.41) is 8.60. The molecule has 0 amide bonds. The van der Waals surface area contributed by atoms with E-state index in [0.717, 1.165) is 15.6 Å². The van der Waals surface area contributed by atoms with E-state index in [4.69, 9.17) is 5.73 Å². The fourth-order valence-corrected chi connectivity index (χ4v) is 1.69. The Bertz CT molecular complexity index is 384. The van der Waals surface area contributed by atoms with Crippen LogP contribution in [0.1, 0.15) is 4.88 Å². The van der Waals surface area contributed by atoms with Crippen LogP contribution in [0.2, 0.25) is 0 Å². The van der Waals surface area contributed by atoms with Gasteiger partial charge in [0.1, 0.15) is 10.7 Å². The van der Waals surface area contributed by atoms with Gasteiger partial charge in [-0.25, -0.2) is 4.98 Å². The van der Waals surface area contributed by atoms with Crippen LogP contribution in [0.25, 0.3) is 10.7 Å². The fourth-order valence-electron chi connectivity index (χ4n) is 0.936. The lowest BCUT2D eigenvalue weighted by Crippen LogP contribution is -1.91. The van der Waals surface area contributed by atoms with Crippen molar-refractivity contribution >= 4 is 11.3 Å². The molecule has 2 aromatic heterocycles. The quantitative estimate of drug-likeness (QED) is 0.772. The molecule has 13 heavy (non-hydrogen) atoms. The molecule has 0 radical (unpaired) electrons. The van der Waals surface area contributed by atoms with Crippen LogP contribution in [0.15, 0.2) is 24.5 Å². The highest BCUT2D eigenvalue weighted by molar-refractivity contribution is 7.14. The van der Waals surface area contributed by atoms with Gasteiger partial charge in [-0.05, 0) is 12.1 Å². The predicted molar refractivity (Wildman–Crippen MR) is 51.0 cm³/mol. The lowest BCUT2D eigenvalue weighted by molar-refractivity contribution is 1.03. The van der Waals surface area contributed by atoms with Gasteiger partial charge in [0, 0.05) is 23.8 Å². The third kappa shape index (κ3) is 1.71. The fraction of sp³-hybridized carbons (Fsp3) is 0.125. The maximum Gasteiger partial charge on any atom is 0.143 e. The molecule has 0 aliphatic rings. The third-order valence-electron chi connectivity index (χ3n) is 1.55. The predicted octanol–water partition coefficient (Wildman–Crippen LogP) is 1.06. The van der Waals surface area contributed by atoms with Crippen LogP contribution in [0, 0.1) is 0 Å². The molecule has 0 saturated heterocycles. The first-order valence-electron chi connectivity index (χ1n) is 3.83. The van der Waals surface area contributed by atoms with Crippen molar-refractivity contribution < 1.29 is 0 Å². The number of nitrogens with two attached hydrogens (primary N) is 1. The summed E-state index contributed by atoms with van der Waals surface area (Å²) in [6, 6.07) is 3.72. The molecule has 0 saturated carbocycles. The topological polar surface area (TPSA) is 64.7 Å². The van der Waals surface area contributed by atoms with E-state index in [1.165, 1.54) is 0 Å². The molecule has 0 unspecified atom stereocenters. The first-order valence-corrected chi connectivity index (χ1v) is 4.64. The van der Waals surface area contributed by atoms with E-state index in [-0.39, 0.29) is 0 Å². The van der Waals surface area contributed by atoms with Crippen LogP contribution in [0.4, 0.5) is 0 Å². The molecule has 0 atom stereocenters. The molecular weight excluding hydrogens is 184 g/mol. The van der Waals surface area contributed by atoms with E-state index in [1.54, 1.807) is 23.7 Å². The molecular formula is C8H8N4S. The highest BCUT2D eigenvalue weighted by atomic mass is 32.1. The van der Waals surface area contributed by atoms with E-state index in [1.807, 2.05) is 12.1 Å². The Labute approximate surface area is 79.5 Å². The van der Waals surface area contributed by atoms with Crippen LogP contribution in [-0.4, -0.2) is 15.2 Å². The molecule has 0 bridgehead atoms. The number of rotatable bonds is 2. The Balaban J connectivity index is 2.36. The van der Waals surface area contributed by atoms with Crippen LogP contribution in [-0.2, 0) is 6.54 Å². The standard InChI is InChI=1S/C8H8N4S/c9-4-6-5-10-8(13-6)7-2-1-3-11-12-7/h1-3,5H,4,9H2. The van der Waals surface area contributed by atoms with Crippen LogP contribution < -0.4 is 5.73 Å². The van der Waals surface area contributed by atoms with Gasteiger partial charge in [0.05, 0.1) is 0 Å². The summed E-state index contributed by atoms with van der Waals surface area (Å²) in [4.78, 5) is 5.25. The van der Waals surface area contributed by atoms with E-state index in [2.05, 4.69) is 15.2 Å². The van der Waals surface area contributed by atoms with Gasteiger partial charge in [0.25, 0.3) is 0 Å².